The Hall–Kier alpha value is -2.92. The Morgan fingerprint density at radius 2 is 1.83 bits per heavy atom. The molecule has 2 heterocycles. The van der Waals surface area contributed by atoms with Crippen LogP contribution >= 0.6 is 0 Å². The van der Waals surface area contributed by atoms with Gasteiger partial charge in [0.2, 0.25) is 10.0 Å². The number of nitrogens with zero attached hydrogens (tertiary/aromatic N) is 4. The zero-order valence-electron chi connectivity index (χ0n) is 17.2. The van der Waals surface area contributed by atoms with E-state index in [1.807, 2.05) is 36.2 Å². The highest BCUT2D eigenvalue weighted by molar-refractivity contribution is 7.92. The Balaban J connectivity index is 1.65. The van der Waals surface area contributed by atoms with Crippen molar-refractivity contribution in [3.8, 4) is 6.07 Å². The quantitative estimate of drug-likeness (QED) is 0.788. The molecule has 1 N–H and O–H groups in total. The molecule has 2 aromatic rings. The molecule has 1 saturated carbocycles. The molecule has 7 nitrogen and oxygen atoms in total. The number of aryl methyl sites for hydroxylation is 1. The van der Waals surface area contributed by atoms with Crippen molar-refractivity contribution in [3.63, 3.8) is 0 Å². The van der Waals surface area contributed by atoms with E-state index < -0.39 is 10.0 Å². The van der Waals surface area contributed by atoms with Gasteiger partial charge in [-0.1, -0.05) is 25.0 Å². The molecule has 156 valence electrons. The minimum Gasteiger partial charge on any atom is -0.284 e. The van der Waals surface area contributed by atoms with Gasteiger partial charge in [0.1, 0.15) is 11.9 Å². The van der Waals surface area contributed by atoms with E-state index in [1.165, 1.54) is 25.7 Å². The maximum Gasteiger partial charge on any atom is 0.229 e. The van der Waals surface area contributed by atoms with E-state index >= 15 is 0 Å². The number of nitriles is 1. The Labute approximate surface area is 177 Å². The zero-order chi connectivity index (χ0) is 21.3. The molecule has 0 spiro atoms. The highest BCUT2D eigenvalue weighted by Gasteiger charge is 2.36. The topological polar surface area (TPSA) is 98.4 Å². The second-order valence-corrected chi connectivity index (χ2v) is 9.82. The Bertz CT molecular complexity index is 1110. The number of hydrazone groups is 1. The van der Waals surface area contributed by atoms with Crippen molar-refractivity contribution in [2.45, 2.75) is 45.1 Å². The third kappa shape index (κ3) is 4.31. The lowest BCUT2D eigenvalue weighted by atomic mass is 9.92. The van der Waals surface area contributed by atoms with Crippen LogP contribution < -0.4 is 9.73 Å². The molecule has 0 radical (unpaired) electrons. The Morgan fingerprint density at radius 3 is 2.43 bits per heavy atom. The highest BCUT2D eigenvalue weighted by Crippen LogP contribution is 2.37. The first-order valence-electron chi connectivity index (χ1n) is 10.2. The molecular formula is C22H25N5O2S. The van der Waals surface area contributed by atoms with Gasteiger partial charge in [-0.25, -0.2) is 18.4 Å². The van der Waals surface area contributed by atoms with Gasteiger partial charge in [-0.3, -0.25) is 4.72 Å². The average molecular weight is 424 g/mol. The molecule has 1 aromatic heterocycles. The first-order valence-corrected chi connectivity index (χ1v) is 12.1. The first kappa shape index (κ1) is 20.4. The van der Waals surface area contributed by atoms with E-state index in [0.29, 0.717) is 22.9 Å². The molecule has 1 fully saturated rings. The smallest absolute Gasteiger partial charge is 0.229 e. The number of sulfonamides is 1. The van der Waals surface area contributed by atoms with Crippen LogP contribution in [0.1, 0.15) is 48.9 Å². The first-order chi connectivity index (χ1) is 14.3. The lowest BCUT2D eigenvalue weighted by Gasteiger charge is -2.27. The van der Waals surface area contributed by atoms with E-state index in [0.717, 1.165) is 29.8 Å². The predicted molar refractivity (Wildman–Crippen MR) is 118 cm³/mol. The SMILES string of the molecule is Cc1nc(N2N=C(c3ccc(NS(C)(=O)=O)cc3)C[C@@H]2C2CCCC2)ccc1C#N. The van der Waals surface area contributed by atoms with E-state index in [4.69, 9.17) is 5.10 Å². The molecule has 8 heteroatoms. The summed E-state index contributed by atoms with van der Waals surface area (Å²) in [5.41, 5.74) is 3.77. The second-order valence-electron chi connectivity index (χ2n) is 8.07. The summed E-state index contributed by atoms with van der Waals surface area (Å²) in [7, 11) is -3.30. The maximum atomic E-state index is 11.4. The van der Waals surface area contributed by atoms with Gasteiger partial charge in [-0.2, -0.15) is 10.4 Å². The third-order valence-electron chi connectivity index (χ3n) is 5.84. The largest absolute Gasteiger partial charge is 0.284 e. The summed E-state index contributed by atoms with van der Waals surface area (Å²) in [6.45, 7) is 1.85. The van der Waals surface area contributed by atoms with Crippen molar-refractivity contribution in [1.82, 2.24) is 4.98 Å². The molecule has 0 bridgehead atoms. The van der Waals surface area contributed by atoms with E-state index in [9.17, 15) is 13.7 Å². The van der Waals surface area contributed by atoms with Crippen LogP contribution in [0.2, 0.25) is 0 Å². The summed E-state index contributed by atoms with van der Waals surface area (Å²) in [5, 5.41) is 16.2. The fourth-order valence-corrected chi connectivity index (χ4v) is 4.94. The van der Waals surface area contributed by atoms with Gasteiger partial charge in [0.05, 0.1) is 29.3 Å². The number of aromatic nitrogens is 1. The van der Waals surface area contributed by atoms with Crippen LogP contribution in [0.15, 0.2) is 41.5 Å². The monoisotopic (exact) mass is 423 g/mol. The Morgan fingerprint density at radius 1 is 1.13 bits per heavy atom. The fraction of sp³-hybridized carbons (Fsp3) is 0.409. The molecule has 4 rings (SSSR count). The van der Waals surface area contributed by atoms with E-state index in [2.05, 4.69) is 15.8 Å². The number of rotatable bonds is 5. The lowest BCUT2D eigenvalue weighted by Crippen LogP contribution is -2.33. The molecule has 1 aromatic carbocycles. The minimum absolute atomic E-state index is 0.246. The molecule has 1 aliphatic carbocycles. The number of anilines is 2. The van der Waals surface area contributed by atoms with Gasteiger partial charge in [-0.15, -0.1) is 0 Å². The van der Waals surface area contributed by atoms with Crippen LogP contribution in [-0.2, 0) is 10.0 Å². The standard InChI is InChI=1S/C22H25N5O2S/c1-15-18(14-23)9-12-22(24-15)27-21(17-5-3-4-6-17)13-20(25-27)16-7-10-19(11-8-16)26-30(2,28)29/h7-12,17,21,26H,3-6,13H2,1-2H3/t21-/m1/s1. The van der Waals surface area contributed by atoms with Gasteiger partial charge in [0, 0.05) is 12.1 Å². The van der Waals surface area contributed by atoms with Gasteiger partial charge < -0.3 is 0 Å². The van der Waals surface area contributed by atoms with Crippen molar-refractivity contribution < 1.29 is 8.42 Å². The van der Waals surface area contributed by atoms with Crippen molar-refractivity contribution in [3.05, 3.63) is 53.2 Å². The second kappa shape index (κ2) is 8.07. The third-order valence-corrected chi connectivity index (χ3v) is 6.44. The molecule has 0 amide bonds. The number of pyridine rings is 1. The molecule has 1 aliphatic heterocycles. The van der Waals surface area contributed by atoms with Crippen LogP contribution in [0.4, 0.5) is 11.5 Å². The highest BCUT2D eigenvalue weighted by atomic mass is 32.2. The molecular weight excluding hydrogens is 398 g/mol. The summed E-state index contributed by atoms with van der Waals surface area (Å²) >= 11 is 0. The molecule has 30 heavy (non-hydrogen) atoms. The average Bonchev–Trinajstić information content (AvgIpc) is 3.37. The number of nitrogens with one attached hydrogen (secondary N) is 1. The molecule has 2 aliphatic rings. The van der Waals surface area contributed by atoms with Gasteiger partial charge >= 0.3 is 0 Å². The van der Waals surface area contributed by atoms with Crippen molar-refractivity contribution in [2.75, 3.05) is 16.0 Å². The number of hydrogen-bond donors (Lipinski definition) is 1. The van der Waals surface area contributed by atoms with E-state index in [1.54, 1.807) is 12.1 Å². The van der Waals surface area contributed by atoms with Crippen LogP contribution in [0.3, 0.4) is 0 Å². The van der Waals surface area contributed by atoms with Gasteiger partial charge in [-0.05, 0) is 55.5 Å². The van der Waals surface area contributed by atoms with Crippen LogP contribution in [-0.4, -0.2) is 31.4 Å². The Kier molecular flexibility index (Phi) is 5.48. The van der Waals surface area contributed by atoms with Crippen molar-refractivity contribution in [1.29, 1.82) is 5.26 Å². The van der Waals surface area contributed by atoms with E-state index in [-0.39, 0.29) is 6.04 Å². The fourth-order valence-electron chi connectivity index (χ4n) is 4.37. The lowest BCUT2D eigenvalue weighted by molar-refractivity contribution is 0.428. The van der Waals surface area contributed by atoms with Crippen molar-refractivity contribution >= 4 is 27.2 Å². The van der Waals surface area contributed by atoms with Crippen molar-refractivity contribution in [2.24, 2.45) is 11.0 Å². The maximum absolute atomic E-state index is 11.4. The molecule has 0 saturated heterocycles. The van der Waals surface area contributed by atoms with Crippen LogP contribution in [0, 0.1) is 24.2 Å². The summed E-state index contributed by atoms with van der Waals surface area (Å²) in [6, 6.07) is 13.4. The van der Waals surface area contributed by atoms with Crippen LogP contribution in [0.5, 0.6) is 0 Å². The van der Waals surface area contributed by atoms with Crippen LogP contribution in [0.25, 0.3) is 0 Å². The summed E-state index contributed by atoms with van der Waals surface area (Å²) < 4.78 is 25.4. The zero-order valence-corrected chi connectivity index (χ0v) is 18.0. The number of benzene rings is 1. The summed E-state index contributed by atoms with van der Waals surface area (Å²) in [5.74, 6) is 1.34. The number of hydrogen-bond acceptors (Lipinski definition) is 6. The normalized spacial score (nSPS) is 19.6. The van der Waals surface area contributed by atoms with Gasteiger partial charge in [0.15, 0.2) is 0 Å². The minimum atomic E-state index is -3.30. The molecule has 0 unspecified atom stereocenters. The molecule has 1 atom stereocenters. The predicted octanol–water partition coefficient (Wildman–Crippen LogP) is 3.81. The van der Waals surface area contributed by atoms with Gasteiger partial charge in [0.25, 0.3) is 0 Å². The summed E-state index contributed by atoms with van der Waals surface area (Å²) in [4.78, 5) is 4.65. The summed E-state index contributed by atoms with van der Waals surface area (Å²) in [6.07, 6.45) is 6.84.